The lowest BCUT2D eigenvalue weighted by Gasteiger charge is -2.12. The van der Waals surface area contributed by atoms with Crippen LogP contribution in [-0.4, -0.2) is 32.8 Å². The zero-order chi connectivity index (χ0) is 23.3. The van der Waals surface area contributed by atoms with Crippen molar-refractivity contribution < 1.29 is 27.5 Å². The van der Waals surface area contributed by atoms with Crippen molar-refractivity contribution in [1.29, 1.82) is 0 Å². The van der Waals surface area contributed by atoms with Crippen LogP contribution in [-0.2, 0) is 19.6 Å². The van der Waals surface area contributed by atoms with E-state index in [4.69, 9.17) is 4.74 Å². The molecule has 1 heterocycles. The Bertz CT molecular complexity index is 1270. The van der Waals surface area contributed by atoms with E-state index in [1.54, 1.807) is 42.6 Å². The molecule has 0 spiro atoms. The first-order chi connectivity index (χ1) is 15.2. The number of sulfonamides is 1. The Morgan fingerprint density at radius 1 is 1.00 bits per heavy atom. The molecule has 2 aromatic carbocycles. The van der Waals surface area contributed by atoms with Gasteiger partial charge in [0.15, 0.2) is 6.61 Å². The summed E-state index contributed by atoms with van der Waals surface area (Å²) in [5.41, 5.74) is 1.66. The summed E-state index contributed by atoms with van der Waals surface area (Å²) in [6, 6.07) is 14.1. The molecule has 1 aromatic heterocycles. The van der Waals surface area contributed by atoms with Crippen molar-refractivity contribution in [2.75, 3.05) is 11.3 Å². The largest absolute Gasteiger partial charge is 0.452 e. The molecule has 8 nitrogen and oxygen atoms in total. The number of hydrogen-bond acceptors (Lipinski definition) is 7. The smallest absolute Gasteiger partial charge is 0.338 e. The standard InChI is InChI=1S/C22H20N2O6S2/c1-14-5-3-6-17(11-14)24-32(28,29)19-12-16(9-8-15(19)2)22(27)30-13-20(25)23-21(26)18-7-4-10-31-18/h3-12,24H,13H2,1-2H3,(H,23,25,26). The second-order valence-electron chi connectivity index (χ2n) is 6.89. The molecule has 3 rings (SSSR count). The van der Waals surface area contributed by atoms with Crippen molar-refractivity contribution in [3.63, 3.8) is 0 Å². The molecule has 3 aromatic rings. The number of hydrogen-bond donors (Lipinski definition) is 2. The summed E-state index contributed by atoms with van der Waals surface area (Å²) >= 11 is 1.17. The Morgan fingerprint density at radius 2 is 1.78 bits per heavy atom. The van der Waals surface area contributed by atoms with Crippen LogP contribution < -0.4 is 10.0 Å². The van der Waals surface area contributed by atoms with E-state index in [0.29, 0.717) is 16.1 Å². The molecule has 0 bridgehead atoms. The van der Waals surface area contributed by atoms with E-state index in [1.807, 2.05) is 13.0 Å². The number of rotatable bonds is 7. The molecule has 0 unspecified atom stereocenters. The van der Waals surface area contributed by atoms with Crippen LogP contribution in [0.4, 0.5) is 5.69 Å². The predicted octanol–water partition coefficient (Wildman–Crippen LogP) is 3.28. The number of benzene rings is 2. The summed E-state index contributed by atoms with van der Waals surface area (Å²) in [6.45, 7) is 2.75. The minimum absolute atomic E-state index is 0.0439. The second-order valence-corrected chi connectivity index (χ2v) is 9.48. The first kappa shape index (κ1) is 23.2. The van der Waals surface area contributed by atoms with Gasteiger partial charge in [-0.25, -0.2) is 13.2 Å². The van der Waals surface area contributed by atoms with Gasteiger partial charge in [0.05, 0.1) is 15.3 Å². The van der Waals surface area contributed by atoms with Crippen LogP contribution in [0.2, 0.25) is 0 Å². The number of imide groups is 1. The van der Waals surface area contributed by atoms with Gasteiger partial charge in [-0.3, -0.25) is 19.6 Å². The topological polar surface area (TPSA) is 119 Å². The summed E-state index contributed by atoms with van der Waals surface area (Å²) in [6.07, 6.45) is 0. The molecule has 166 valence electrons. The maximum absolute atomic E-state index is 12.8. The molecule has 10 heteroatoms. The highest BCUT2D eigenvalue weighted by atomic mass is 32.2. The van der Waals surface area contributed by atoms with Gasteiger partial charge in [-0.1, -0.05) is 24.3 Å². The zero-order valence-corrected chi connectivity index (χ0v) is 18.9. The first-order valence-corrected chi connectivity index (χ1v) is 11.8. The number of carbonyl (C=O) groups excluding carboxylic acids is 3. The van der Waals surface area contributed by atoms with Crippen LogP contribution >= 0.6 is 11.3 Å². The van der Waals surface area contributed by atoms with Crippen LogP contribution in [0, 0.1) is 13.8 Å². The van der Waals surface area contributed by atoms with Gasteiger partial charge in [0.25, 0.3) is 21.8 Å². The number of aryl methyl sites for hydroxylation is 2. The second kappa shape index (κ2) is 9.75. The van der Waals surface area contributed by atoms with Gasteiger partial charge >= 0.3 is 5.97 Å². The summed E-state index contributed by atoms with van der Waals surface area (Å²) in [7, 11) is -3.97. The SMILES string of the molecule is Cc1cccc(NS(=O)(=O)c2cc(C(=O)OCC(=O)NC(=O)c3cccs3)ccc2C)c1. The highest BCUT2D eigenvalue weighted by molar-refractivity contribution is 7.92. The highest BCUT2D eigenvalue weighted by Gasteiger charge is 2.21. The Balaban J connectivity index is 1.68. The predicted molar refractivity (Wildman–Crippen MR) is 120 cm³/mol. The first-order valence-electron chi connectivity index (χ1n) is 9.40. The monoisotopic (exact) mass is 472 g/mol. The third-order valence-corrected chi connectivity index (χ3v) is 6.71. The zero-order valence-electron chi connectivity index (χ0n) is 17.2. The molecule has 0 atom stereocenters. The number of amides is 2. The number of ether oxygens (including phenoxy) is 1. The fourth-order valence-electron chi connectivity index (χ4n) is 2.78. The van der Waals surface area contributed by atoms with Crippen molar-refractivity contribution in [2.24, 2.45) is 0 Å². The van der Waals surface area contributed by atoms with Gasteiger partial charge in [0.1, 0.15) is 0 Å². The van der Waals surface area contributed by atoms with Crippen LogP contribution in [0.25, 0.3) is 0 Å². The van der Waals surface area contributed by atoms with Gasteiger partial charge in [-0.15, -0.1) is 11.3 Å². The lowest BCUT2D eigenvalue weighted by Crippen LogP contribution is -2.33. The third-order valence-electron chi connectivity index (χ3n) is 4.32. The molecule has 0 fully saturated rings. The summed E-state index contributed by atoms with van der Waals surface area (Å²) in [5.74, 6) is -2.28. The molecule has 0 radical (unpaired) electrons. The molecule has 0 aliphatic carbocycles. The average molecular weight is 473 g/mol. The molecule has 0 saturated heterocycles. The molecule has 32 heavy (non-hydrogen) atoms. The maximum Gasteiger partial charge on any atom is 0.338 e. The average Bonchev–Trinajstić information content (AvgIpc) is 3.27. The number of esters is 1. The highest BCUT2D eigenvalue weighted by Crippen LogP contribution is 2.22. The van der Waals surface area contributed by atoms with Crippen molar-refractivity contribution >= 4 is 44.8 Å². The number of carbonyl (C=O) groups is 3. The quantitative estimate of drug-likeness (QED) is 0.510. The van der Waals surface area contributed by atoms with Crippen LogP contribution in [0.5, 0.6) is 0 Å². The summed E-state index contributed by atoms with van der Waals surface area (Å²) in [4.78, 5) is 36.4. The lowest BCUT2D eigenvalue weighted by molar-refractivity contribution is -0.123. The van der Waals surface area contributed by atoms with E-state index in [9.17, 15) is 22.8 Å². The van der Waals surface area contributed by atoms with Gasteiger partial charge < -0.3 is 4.74 Å². The Hall–Kier alpha value is -3.50. The summed E-state index contributed by atoms with van der Waals surface area (Å²) < 4.78 is 33.1. The fourth-order valence-corrected chi connectivity index (χ4v) is 4.72. The van der Waals surface area contributed by atoms with E-state index in [0.717, 1.165) is 5.56 Å². The van der Waals surface area contributed by atoms with Crippen LogP contribution in [0.3, 0.4) is 0 Å². The molecule has 0 saturated carbocycles. The van der Waals surface area contributed by atoms with E-state index >= 15 is 0 Å². The molecular weight excluding hydrogens is 452 g/mol. The molecule has 0 aliphatic heterocycles. The van der Waals surface area contributed by atoms with Gasteiger partial charge in [0.2, 0.25) is 0 Å². The van der Waals surface area contributed by atoms with E-state index in [2.05, 4.69) is 10.0 Å². The Morgan fingerprint density at radius 3 is 2.47 bits per heavy atom. The van der Waals surface area contributed by atoms with Crippen LogP contribution in [0.15, 0.2) is 64.9 Å². The normalized spacial score (nSPS) is 10.9. The minimum Gasteiger partial charge on any atom is -0.452 e. The Labute approximate surface area is 189 Å². The van der Waals surface area contributed by atoms with E-state index in [1.165, 1.54) is 29.5 Å². The van der Waals surface area contributed by atoms with E-state index < -0.39 is 34.4 Å². The van der Waals surface area contributed by atoms with Gasteiger partial charge in [-0.2, -0.15) is 0 Å². The van der Waals surface area contributed by atoms with Gasteiger partial charge in [0, 0.05) is 5.69 Å². The van der Waals surface area contributed by atoms with Crippen molar-refractivity contribution in [2.45, 2.75) is 18.7 Å². The molecule has 0 aliphatic rings. The number of thiophene rings is 1. The molecule has 2 amide bonds. The van der Waals surface area contributed by atoms with E-state index in [-0.39, 0.29) is 10.5 Å². The summed E-state index contributed by atoms with van der Waals surface area (Å²) in [5, 5.41) is 3.81. The van der Waals surface area contributed by atoms with Crippen molar-refractivity contribution in [3.05, 3.63) is 81.5 Å². The number of nitrogens with one attached hydrogen (secondary N) is 2. The Kier molecular flexibility index (Phi) is 7.06. The number of anilines is 1. The molecular formula is C22H20N2O6S2. The van der Waals surface area contributed by atoms with Gasteiger partial charge in [-0.05, 0) is 60.7 Å². The van der Waals surface area contributed by atoms with Crippen molar-refractivity contribution in [3.8, 4) is 0 Å². The fraction of sp³-hybridized carbons (Fsp3) is 0.136. The maximum atomic E-state index is 12.8. The third kappa shape index (κ3) is 5.80. The van der Waals surface area contributed by atoms with Crippen LogP contribution in [0.1, 0.15) is 31.2 Å². The molecule has 2 N–H and O–H groups in total. The van der Waals surface area contributed by atoms with Crippen molar-refractivity contribution in [1.82, 2.24) is 5.32 Å². The lowest BCUT2D eigenvalue weighted by atomic mass is 10.1. The minimum atomic E-state index is -3.97.